The van der Waals surface area contributed by atoms with Crippen LogP contribution >= 0.6 is 0 Å². The summed E-state index contributed by atoms with van der Waals surface area (Å²) in [5.74, 6) is 0.988. The molecule has 1 aromatic rings. The molecule has 16 heavy (non-hydrogen) atoms. The first kappa shape index (κ1) is 11.0. The van der Waals surface area contributed by atoms with Gasteiger partial charge in [0.05, 0.1) is 12.6 Å². The summed E-state index contributed by atoms with van der Waals surface area (Å²) in [4.78, 5) is 2.26. The lowest BCUT2D eigenvalue weighted by molar-refractivity contribution is 0.205. The highest BCUT2D eigenvalue weighted by atomic mass is 15.3. The third-order valence-corrected chi connectivity index (χ3v) is 2.92. The van der Waals surface area contributed by atoms with Crippen LogP contribution in [0, 0.1) is 11.3 Å². The first-order valence-electron chi connectivity index (χ1n) is 5.40. The number of hydrogen-bond acceptors (Lipinski definition) is 5. The third kappa shape index (κ3) is 2.38. The highest BCUT2D eigenvalue weighted by molar-refractivity contribution is 5.01. The van der Waals surface area contributed by atoms with Gasteiger partial charge in [-0.05, 0) is 13.3 Å². The van der Waals surface area contributed by atoms with Crippen LogP contribution in [0.1, 0.15) is 19.2 Å². The van der Waals surface area contributed by atoms with Crippen molar-refractivity contribution in [2.24, 2.45) is 5.73 Å². The average Bonchev–Trinajstić information content (AvgIpc) is 2.73. The highest BCUT2D eigenvalue weighted by Crippen LogP contribution is 2.12. The van der Waals surface area contributed by atoms with E-state index in [1.165, 1.54) is 0 Å². The van der Waals surface area contributed by atoms with E-state index in [-0.39, 0.29) is 0 Å². The van der Waals surface area contributed by atoms with E-state index in [0.29, 0.717) is 6.42 Å². The van der Waals surface area contributed by atoms with E-state index >= 15 is 0 Å². The van der Waals surface area contributed by atoms with Crippen LogP contribution in [0.15, 0.2) is 6.33 Å². The minimum absolute atomic E-state index is 0.678. The molecule has 86 valence electrons. The van der Waals surface area contributed by atoms with Gasteiger partial charge in [0, 0.05) is 19.6 Å². The van der Waals surface area contributed by atoms with Crippen LogP contribution in [-0.4, -0.2) is 38.3 Å². The Morgan fingerprint density at radius 2 is 2.44 bits per heavy atom. The summed E-state index contributed by atoms with van der Waals surface area (Å²) in [6.07, 6.45) is 2.44. The fourth-order valence-corrected chi connectivity index (χ4v) is 1.75. The molecule has 6 nitrogen and oxygen atoms in total. The van der Waals surface area contributed by atoms with Crippen molar-refractivity contribution in [2.75, 3.05) is 13.1 Å². The van der Waals surface area contributed by atoms with E-state index < -0.39 is 5.54 Å². The smallest absolute Gasteiger partial charge is 0.147 e. The molecule has 0 aliphatic carbocycles. The molecule has 0 amide bonds. The number of nitrogens with zero attached hydrogens (tertiary/aromatic N) is 5. The topological polar surface area (TPSA) is 83.8 Å². The number of nitriles is 1. The predicted molar refractivity (Wildman–Crippen MR) is 58.1 cm³/mol. The van der Waals surface area contributed by atoms with Crippen LogP contribution in [0.4, 0.5) is 0 Å². The Morgan fingerprint density at radius 1 is 1.62 bits per heavy atom. The SMILES string of the molecule is CC(N)(C#N)CCN1CCn2cnnc2C1. The molecule has 0 saturated carbocycles. The number of rotatable bonds is 3. The second kappa shape index (κ2) is 4.20. The van der Waals surface area contributed by atoms with Gasteiger partial charge in [-0.1, -0.05) is 0 Å². The Morgan fingerprint density at radius 3 is 3.19 bits per heavy atom. The summed E-state index contributed by atoms with van der Waals surface area (Å²) in [6.45, 7) is 5.26. The molecule has 6 heteroatoms. The zero-order chi connectivity index (χ0) is 11.6. The lowest BCUT2D eigenvalue weighted by atomic mass is 10.0. The largest absolute Gasteiger partial charge is 0.315 e. The van der Waals surface area contributed by atoms with Gasteiger partial charge in [0.15, 0.2) is 0 Å². The molecule has 2 N–H and O–H groups in total. The molecule has 0 aromatic carbocycles. The van der Waals surface area contributed by atoms with Gasteiger partial charge in [0.1, 0.15) is 17.7 Å². The van der Waals surface area contributed by atoms with Crippen molar-refractivity contribution in [3.63, 3.8) is 0 Å². The normalized spacial score (nSPS) is 19.8. The van der Waals surface area contributed by atoms with E-state index in [1.54, 1.807) is 13.3 Å². The molecule has 1 aliphatic heterocycles. The minimum Gasteiger partial charge on any atom is -0.315 e. The number of nitrogens with two attached hydrogens (primary N) is 1. The summed E-state index contributed by atoms with van der Waals surface area (Å²) in [5.41, 5.74) is 5.06. The molecule has 2 heterocycles. The van der Waals surface area contributed by atoms with Gasteiger partial charge in [0.25, 0.3) is 0 Å². The van der Waals surface area contributed by atoms with Crippen LogP contribution in [0.25, 0.3) is 0 Å². The lowest BCUT2D eigenvalue weighted by Crippen LogP contribution is -2.41. The standard InChI is InChI=1S/C10H16N6/c1-10(12,7-11)2-3-15-4-5-16-8-13-14-9(16)6-15/h8H,2-6,12H2,1H3. The van der Waals surface area contributed by atoms with Crippen molar-refractivity contribution < 1.29 is 0 Å². The van der Waals surface area contributed by atoms with Crippen molar-refractivity contribution in [1.82, 2.24) is 19.7 Å². The molecule has 1 unspecified atom stereocenters. The zero-order valence-corrected chi connectivity index (χ0v) is 9.43. The number of fused-ring (bicyclic) bond motifs is 1. The molecular weight excluding hydrogens is 204 g/mol. The van der Waals surface area contributed by atoms with Gasteiger partial charge in [-0.2, -0.15) is 5.26 Å². The van der Waals surface area contributed by atoms with Crippen molar-refractivity contribution in [3.8, 4) is 6.07 Å². The Hall–Kier alpha value is -1.45. The zero-order valence-electron chi connectivity index (χ0n) is 9.43. The molecule has 1 aromatic heterocycles. The monoisotopic (exact) mass is 220 g/mol. The van der Waals surface area contributed by atoms with Gasteiger partial charge >= 0.3 is 0 Å². The molecule has 0 bridgehead atoms. The van der Waals surface area contributed by atoms with E-state index in [4.69, 9.17) is 11.0 Å². The number of hydrogen-bond donors (Lipinski definition) is 1. The van der Waals surface area contributed by atoms with Crippen molar-refractivity contribution in [3.05, 3.63) is 12.2 Å². The lowest BCUT2D eigenvalue weighted by Gasteiger charge is -2.28. The van der Waals surface area contributed by atoms with E-state index in [9.17, 15) is 0 Å². The molecule has 1 aliphatic rings. The van der Waals surface area contributed by atoms with Crippen molar-refractivity contribution >= 4 is 0 Å². The molecule has 0 saturated heterocycles. The fourth-order valence-electron chi connectivity index (χ4n) is 1.75. The maximum atomic E-state index is 8.83. The molecule has 2 rings (SSSR count). The van der Waals surface area contributed by atoms with Crippen LogP contribution < -0.4 is 5.73 Å². The van der Waals surface area contributed by atoms with E-state index in [2.05, 4.69) is 25.7 Å². The summed E-state index contributed by atoms with van der Waals surface area (Å²) in [7, 11) is 0. The van der Waals surface area contributed by atoms with Crippen LogP contribution in [0.2, 0.25) is 0 Å². The Bertz CT molecular complexity index is 402. The second-order valence-electron chi connectivity index (χ2n) is 4.50. The van der Waals surface area contributed by atoms with Crippen LogP contribution in [0.5, 0.6) is 0 Å². The van der Waals surface area contributed by atoms with E-state index in [1.807, 2.05) is 0 Å². The molecule has 0 fully saturated rings. The Balaban J connectivity index is 1.89. The fraction of sp³-hybridized carbons (Fsp3) is 0.700. The maximum Gasteiger partial charge on any atom is 0.147 e. The van der Waals surface area contributed by atoms with Crippen LogP contribution in [0.3, 0.4) is 0 Å². The summed E-state index contributed by atoms with van der Waals surface area (Å²) in [6, 6.07) is 2.11. The summed E-state index contributed by atoms with van der Waals surface area (Å²) >= 11 is 0. The summed E-state index contributed by atoms with van der Waals surface area (Å²) in [5, 5.41) is 16.7. The minimum atomic E-state index is -0.731. The van der Waals surface area contributed by atoms with Crippen LogP contribution in [-0.2, 0) is 13.1 Å². The van der Waals surface area contributed by atoms with Gasteiger partial charge in [0.2, 0.25) is 0 Å². The highest BCUT2D eigenvalue weighted by Gasteiger charge is 2.22. The van der Waals surface area contributed by atoms with Gasteiger partial charge < -0.3 is 10.3 Å². The van der Waals surface area contributed by atoms with Crippen molar-refractivity contribution in [2.45, 2.75) is 32.0 Å². The predicted octanol–water partition coefficient (Wildman–Crippen LogP) is -0.275. The first-order valence-corrected chi connectivity index (χ1v) is 5.40. The van der Waals surface area contributed by atoms with Gasteiger partial charge in [-0.25, -0.2) is 0 Å². The molecule has 0 spiro atoms. The third-order valence-electron chi connectivity index (χ3n) is 2.92. The quantitative estimate of drug-likeness (QED) is 0.757. The first-order chi connectivity index (χ1) is 7.61. The van der Waals surface area contributed by atoms with Crippen molar-refractivity contribution in [1.29, 1.82) is 5.26 Å². The average molecular weight is 220 g/mol. The second-order valence-corrected chi connectivity index (χ2v) is 4.50. The number of aromatic nitrogens is 3. The molecule has 0 radical (unpaired) electrons. The Labute approximate surface area is 94.7 Å². The van der Waals surface area contributed by atoms with E-state index in [0.717, 1.165) is 32.0 Å². The van der Waals surface area contributed by atoms with Gasteiger partial charge in [-0.3, -0.25) is 4.90 Å². The maximum absolute atomic E-state index is 8.83. The molecular formula is C10H16N6. The Kier molecular flexibility index (Phi) is 2.90. The summed E-state index contributed by atoms with van der Waals surface area (Å²) < 4.78 is 2.06. The van der Waals surface area contributed by atoms with Gasteiger partial charge in [-0.15, -0.1) is 10.2 Å². The molecule has 1 atom stereocenters.